The molecule has 0 unspecified atom stereocenters. The number of nitrogens with two attached hydrogens (primary N) is 1. The van der Waals surface area contributed by atoms with Crippen LogP contribution >= 0.6 is 0 Å². The summed E-state index contributed by atoms with van der Waals surface area (Å²) >= 11 is 0. The van der Waals surface area contributed by atoms with Crippen LogP contribution in [0.15, 0.2) is 4.99 Å². The second kappa shape index (κ2) is 8.55. The molecule has 0 aromatic carbocycles. The molecule has 4 N–H and O–H groups in total. The van der Waals surface area contributed by atoms with E-state index in [1.54, 1.807) is 0 Å². The molecular weight excluding hydrogens is 290 g/mol. The first-order chi connectivity index (χ1) is 9.81. The van der Waals surface area contributed by atoms with Crippen LogP contribution in [0.1, 0.15) is 33.6 Å². The molecule has 1 saturated heterocycles. The summed E-state index contributed by atoms with van der Waals surface area (Å²) in [5.74, 6) is 0.541. The second-order valence-corrected chi connectivity index (χ2v) is 7.41. The molecule has 1 aliphatic heterocycles. The Hall–Kier alpha value is -0.860. The minimum absolute atomic E-state index is 0.130. The highest BCUT2D eigenvalue weighted by Gasteiger charge is 2.21. The molecule has 1 rings (SSSR count). The number of nitrogens with zero attached hydrogens (tertiary/aromatic N) is 2. The van der Waals surface area contributed by atoms with Crippen LogP contribution in [0.25, 0.3) is 0 Å². The smallest absolute Gasteiger partial charge is 0.210 e. The lowest BCUT2D eigenvalue weighted by Gasteiger charge is -2.35. The zero-order chi connectivity index (χ0) is 15.9. The van der Waals surface area contributed by atoms with Gasteiger partial charge in [-0.1, -0.05) is 0 Å². The SMILES string of the molecule is CCNC(=NCCS(N)(=O)=O)NC1CCN(C(C)C)CC1. The van der Waals surface area contributed by atoms with Crippen molar-refractivity contribution < 1.29 is 8.42 Å². The van der Waals surface area contributed by atoms with E-state index in [1.165, 1.54) is 0 Å². The van der Waals surface area contributed by atoms with Gasteiger partial charge in [-0.15, -0.1) is 0 Å². The summed E-state index contributed by atoms with van der Waals surface area (Å²) in [7, 11) is -3.45. The zero-order valence-corrected chi connectivity index (χ0v) is 14.1. The van der Waals surface area contributed by atoms with Gasteiger partial charge >= 0.3 is 0 Å². The van der Waals surface area contributed by atoms with Crippen molar-refractivity contribution in [2.24, 2.45) is 10.1 Å². The van der Waals surface area contributed by atoms with Crippen LogP contribution in [0, 0.1) is 0 Å². The normalized spacial score (nSPS) is 19.0. The average molecular weight is 319 g/mol. The quantitative estimate of drug-likeness (QED) is 0.461. The fourth-order valence-corrected chi connectivity index (χ4v) is 2.70. The van der Waals surface area contributed by atoms with Gasteiger partial charge in [0.25, 0.3) is 0 Å². The second-order valence-electron chi connectivity index (χ2n) is 5.68. The van der Waals surface area contributed by atoms with Gasteiger partial charge in [-0.3, -0.25) is 4.99 Å². The monoisotopic (exact) mass is 319 g/mol. The minimum atomic E-state index is -3.45. The Labute approximate surface area is 128 Å². The van der Waals surface area contributed by atoms with Gasteiger partial charge < -0.3 is 15.5 Å². The molecule has 0 atom stereocenters. The summed E-state index contributed by atoms with van der Waals surface area (Å²) in [6, 6.07) is 0.967. The van der Waals surface area contributed by atoms with E-state index in [0.29, 0.717) is 18.0 Å². The maximum atomic E-state index is 10.9. The molecule has 124 valence electrons. The number of sulfonamides is 1. The van der Waals surface area contributed by atoms with E-state index in [-0.39, 0.29) is 12.3 Å². The maximum absolute atomic E-state index is 10.9. The fourth-order valence-electron chi connectivity index (χ4n) is 2.36. The Balaban J connectivity index is 2.46. The lowest BCUT2D eigenvalue weighted by Crippen LogP contribution is -2.50. The third-order valence-electron chi connectivity index (χ3n) is 3.59. The van der Waals surface area contributed by atoms with E-state index >= 15 is 0 Å². The van der Waals surface area contributed by atoms with E-state index in [0.717, 1.165) is 32.5 Å². The van der Waals surface area contributed by atoms with Gasteiger partial charge in [0.2, 0.25) is 10.0 Å². The Kier molecular flexibility index (Phi) is 7.41. The molecule has 0 saturated carbocycles. The van der Waals surface area contributed by atoms with Gasteiger partial charge in [0.15, 0.2) is 5.96 Å². The number of hydrogen-bond donors (Lipinski definition) is 3. The van der Waals surface area contributed by atoms with Crippen LogP contribution in [0.3, 0.4) is 0 Å². The van der Waals surface area contributed by atoms with Crippen LogP contribution in [0.4, 0.5) is 0 Å². The predicted octanol–water partition coefficient (Wildman–Crippen LogP) is -0.297. The van der Waals surface area contributed by atoms with Crippen molar-refractivity contribution in [3.05, 3.63) is 0 Å². The third-order valence-corrected chi connectivity index (χ3v) is 4.34. The van der Waals surface area contributed by atoms with E-state index in [1.807, 2.05) is 6.92 Å². The summed E-state index contributed by atoms with van der Waals surface area (Å²) < 4.78 is 21.8. The molecule has 0 aromatic heterocycles. The number of guanidine groups is 1. The lowest BCUT2D eigenvalue weighted by molar-refractivity contribution is 0.167. The first-order valence-corrected chi connectivity index (χ1v) is 9.32. The number of likely N-dealkylation sites (tertiary alicyclic amines) is 1. The molecule has 21 heavy (non-hydrogen) atoms. The zero-order valence-electron chi connectivity index (χ0n) is 13.3. The number of hydrogen-bond acceptors (Lipinski definition) is 4. The first-order valence-electron chi connectivity index (χ1n) is 7.61. The molecule has 0 bridgehead atoms. The van der Waals surface area contributed by atoms with Crippen molar-refractivity contribution >= 4 is 16.0 Å². The Morgan fingerprint density at radius 2 is 2.00 bits per heavy atom. The van der Waals surface area contributed by atoms with Crippen LogP contribution in [-0.2, 0) is 10.0 Å². The van der Waals surface area contributed by atoms with Gasteiger partial charge in [0.05, 0.1) is 12.3 Å². The van der Waals surface area contributed by atoms with Crippen molar-refractivity contribution in [2.75, 3.05) is 31.9 Å². The standard InChI is InChI=1S/C13H29N5O2S/c1-4-15-13(16-7-10-21(14,19)20)17-12-5-8-18(9-6-12)11(2)3/h11-12H,4-10H2,1-3H3,(H2,14,19,20)(H2,15,16,17). The van der Waals surface area contributed by atoms with Crippen molar-refractivity contribution in [3.63, 3.8) is 0 Å². The highest BCUT2D eigenvalue weighted by molar-refractivity contribution is 7.89. The molecule has 0 amide bonds. The van der Waals surface area contributed by atoms with Gasteiger partial charge in [0.1, 0.15) is 0 Å². The Morgan fingerprint density at radius 3 is 2.48 bits per heavy atom. The third kappa shape index (κ3) is 7.63. The molecule has 8 heteroatoms. The summed E-state index contributed by atoms with van der Waals surface area (Å²) in [6.07, 6.45) is 2.13. The number of rotatable bonds is 6. The molecule has 0 aliphatic carbocycles. The number of primary sulfonamides is 1. The summed E-state index contributed by atoms with van der Waals surface area (Å²) in [5.41, 5.74) is 0. The number of aliphatic imine (C=N–C) groups is 1. The summed E-state index contributed by atoms with van der Waals surface area (Å²) in [5, 5.41) is 11.5. The Morgan fingerprint density at radius 1 is 1.38 bits per heavy atom. The molecule has 0 radical (unpaired) electrons. The fraction of sp³-hybridized carbons (Fsp3) is 0.923. The van der Waals surface area contributed by atoms with E-state index in [9.17, 15) is 8.42 Å². The highest BCUT2D eigenvalue weighted by Crippen LogP contribution is 2.12. The van der Waals surface area contributed by atoms with Crippen LogP contribution in [0.5, 0.6) is 0 Å². The lowest BCUT2D eigenvalue weighted by atomic mass is 10.0. The van der Waals surface area contributed by atoms with Crippen molar-refractivity contribution in [2.45, 2.75) is 45.7 Å². The van der Waals surface area contributed by atoms with E-state index < -0.39 is 10.0 Å². The largest absolute Gasteiger partial charge is 0.357 e. The van der Waals surface area contributed by atoms with E-state index in [4.69, 9.17) is 5.14 Å². The number of nitrogens with one attached hydrogen (secondary N) is 2. The first kappa shape index (κ1) is 18.2. The molecule has 1 fully saturated rings. The number of piperidine rings is 1. The molecule has 7 nitrogen and oxygen atoms in total. The van der Waals surface area contributed by atoms with Gasteiger partial charge in [-0.25, -0.2) is 13.6 Å². The van der Waals surface area contributed by atoms with Gasteiger partial charge in [-0.2, -0.15) is 0 Å². The predicted molar refractivity (Wildman–Crippen MR) is 86.8 cm³/mol. The van der Waals surface area contributed by atoms with Crippen molar-refractivity contribution in [3.8, 4) is 0 Å². The Bertz CT molecular complexity index is 428. The average Bonchev–Trinajstić information content (AvgIpc) is 2.38. The van der Waals surface area contributed by atoms with E-state index in [2.05, 4.69) is 34.4 Å². The van der Waals surface area contributed by atoms with Crippen molar-refractivity contribution in [1.29, 1.82) is 0 Å². The molecule has 0 spiro atoms. The van der Waals surface area contributed by atoms with Gasteiger partial charge in [-0.05, 0) is 33.6 Å². The molecule has 1 heterocycles. The highest BCUT2D eigenvalue weighted by atomic mass is 32.2. The van der Waals surface area contributed by atoms with Crippen molar-refractivity contribution in [1.82, 2.24) is 15.5 Å². The topological polar surface area (TPSA) is 99.8 Å². The van der Waals surface area contributed by atoms with Crippen LogP contribution in [0.2, 0.25) is 0 Å². The molecule has 1 aliphatic rings. The maximum Gasteiger partial charge on any atom is 0.210 e. The summed E-state index contributed by atoms with van der Waals surface area (Å²) in [4.78, 5) is 6.73. The minimum Gasteiger partial charge on any atom is -0.357 e. The van der Waals surface area contributed by atoms with Gasteiger partial charge in [0, 0.05) is 31.7 Å². The summed E-state index contributed by atoms with van der Waals surface area (Å²) in [6.45, 7) is 9.49. The van der Waals surface area contributed by atoms with Crippen LogP contribution in [-0.4, -0.2) is 63.3 Å². The van der Waals surface area contributed by atoms with Crippen LogP contribution < -0.4 is 15.8 Å². The molecule has 0 aromatic rings. The molecular formula is C13H29N5O2S.